The molecule has 0 aromatic heterocycles. The SMILES string of the molecule is [CH2-]c1ccc(O)c(O)c1[N+](=O)[O-].[Y]. The second-order valence-corrected chi connectivity index (χ2v) is 2.20. The van der Waals surface area contributed by atoms with Gasteiger partial charge in [-0.25, -0.2) is 0 Å². The molecule has 2 N–H and O–H groups in total. The van der Waals surface area contributed by atoms with Gasteiger partial charge in [-0.1, -0.05) is 6.07 Å². The number of benzene rings is 1. The number of phenolic OH excluding ortho intramolecular Hbond substituents is 2. The largest absolute Gasteiger partial charge is 0.511 e. The summed E-state index contributed by atoms with van der Waals surface area (Å²) in [7, 11) is 0. The van der Waals surface area contributed by atoms with E-state index in [2.05, 4.69) is 6.92 Å². The zero-order chi connectivity index (χ0) is 9.30. The second-order valence-electron chi connectivity index (χ2n) is 2.20. The molecule has 0 fully saturated rings. The molecule has 5 nitrogen and oxygen atoms in total. The fourth-order valence-corrected chi connectivity index (χ4v) is 0.815. The fourth-order valence-electron chi connectivity index (χ4n) is 0.815. The van der Waals surface area contributed by atoms with Gasteiger partial charge in [-0.05, 0) is 0 Å². The number of hydrogen-bond donors (Lipinski definition) is 2. The van der Waals surface area contributed by atoms with Crippen molar-refractivity contribution in [1.82, 2.24) is 0 Å². The van der Waals surface area contributed by atoms with E-state index < -0.39 is 22.1 Å². The van der Waals surface area contributed by atoms with Gasteiger partial charge in [0.2, 0.25) is 5.69 Å². The molecule has 67 valence electrons. The average molecular weight is 257 g/mol. The first-order valence-electron chi connectivity index (χ1n) is 3.05. The Bertz CT molecular complexity index is 340. The van der Waals surface area contributed by atoms with Crippen molar-refractivity contribution in [3.63, 3.8) is 0 Å². The molecule has 0 saturated heterocycles. The topological polar surface area (TPSA) is 83.6 Å². The van der Waals surface area contributed by atoms with Gasteiger partial charge < -0.3 is 10.2 Å². The molecule has 0 spiro atoms. The van der Waals surface area contributed by atoms with Gasteiger partial charge in [0.25, 0.3) is 0 Å². The first-order chi connectivity index (χ1) is 5.54. The van der Waals surface area contributed by atoms with Gasteiger partial charge in [-0.15, -0.1) is 5.56 Å². The summed E-state index contributed by atoms with van der Waals surface area (Å²) in [6, 6.07) is 2.40. The van der Waals surface area contributed by atoms with Crippen molar-refractivity contribution >= 4 is 5.69 Å². The molecule has 0 bridgehead atoms. The van der Waals surface area contributed by atoms with E-state index in [9.17, 15) is 10.1 Å². The third kappa shape index (κ3) is 2.32. The van der Waals surface area contributed by atoms with Crippen molar-refractivity contribution in [2.45, 2.75) is 0 Å². The third-order valence-corrected chi connectivity index (χ3v) is 1.40. The molecule has 0 aliphatic carbocycles. The Labute approximate surface area is 99.4 Å². The Morgan fingerprint density at radius 2 is 1.92 bits per heavy atom. The molecule has 1 rings (SSSR count). The molecule has 13 heavy (non-hydrogen) atoms. The first-order valence-corrected chi connectivity index (χ1v) is 3.05. The van der Waals surface area contributed by atoms with Crippen LogP contribution < -0.4 is 0 Å². The summed E-state index contributed by atoms with van der Waals surface area (Å²) in [6.45, 7) is 3.33. The Morgan fingerprint density at radius 1 is 1.38 bits per heavy atom. The summed E-state index contributed by atoms with van der Waals surface area (Å²) in [5, 5.41) is 28.2. The average Bonchev–Trinajstić information content (AvgIpc) is 1.97. The Kier molecular flexibility index (Phi) is 4.16. The Hall–Kier alpha value is -0.806. The van der Waals surface area contributed by atoms with E-state index >= 15 is 0 Å². The van der Waals surface area contributed by atoms with E-state index in [1.165, 1.54) is 6.07 Å². The number of hydrogen-bond acceptors (Lipinski definition) is 4. The molecule has 0 saturated carbocycles. The molecule has 1 radical (unpaired) electrons. The first kappa shape index (κ1) is 12.2. The molecule has 0 amide bonds. The number of aromatic hydroxyl groups is 2. The molecular formula is C7H6NO4Y-. The monoisotopic (exact) mass is 257 g/mol. The number of nitrogens with zero attached hydrogens (tertiary/aromatic N) is 1. The predicted molar refractivity (Wildman–Crippen MR) is 40.9 cm³/mol. The van der Waals surface area contributed by atoms with Gasteiger partial charge in [0.15, 0.2) is 5.75 Å². The minimum atomic E-state index is -0.794. The van der Waals surface area contributed by atoms with Crippen LogP contribution in [0.1, 0.15) is 5.56 Å². The van der Waals surface area contributed by atoms with Crippen LogP contribution in [0, 0.1) is 17.0 Å². The molecule has 1 aromatic rings. The van der Waals surface area contributed by atoms with Gasteiger partial charge in [-0.2, -0.15) is 13.0 Å². The summed E-state index contributed by atoms with van der Waals surface area (Å²) >= 11 is 0. The molecule has 0 atom stereocenters. The normalized spacial score (nSPS) is 8.92. The molecule has 1 aromatic carbocycles. The van der Waals surface area contributed by atoms with Crippen LogP contribution >= 0.6 is 0 Å². The van der Waals surface area contributed by atoms with E-state index in [0.717, 1.165) is 6.07 Å². The van der Waals surface area contributed by atoms with Crippen LogP contribution in [0.5, 0.6) is 11.5 Å². The minimum absolute atomic E-state index is 0. The summed E-state index contributed by atoms with van der Waals surface area (Å²) in [5.41, 5.74) is -0.495. The van der Waals surface area contributed by atoms with E-state index in [4.69, 9.17) is 10.2 Å². The van der Waals surface area contributed by atoms with Crippen molar-refractivity contribution in [3.05, 3.63) is 34.7 Å². The zero-order valence-corrected chi connectivity index (χ0v) is 9.44. The fraction of sp³-hybridized carbons (Fsp3) is 0. The molecular weight excluding hydrogens is 251 g/mol. The van der Waals surface area contributed by atoms with Crippen LogP contribution in [0.2, 0.25) is 0 Å². The summed E-state index contributed by atoms with van der Waals surface area (Å²) in [6.07, 6.45) is 0. The molecule has 0 unspecified atom stereocenters. The number of rotatable bonds is 1. The van der Waals surface area contributed by atoms with Gasteiger partial charge in [0.05, 0.1) is 0 Å². The van der Waals surface area contributed by atoms with Crippen molar-refractivity contribution in [3.8, 4) is 11.5 Å². The van der Waals surface area contributed by atoms with E-state index in [0.29, 0.717) is 0 Å². The molecule has 0 aliphatic heterocycles. The van der Waals surface area contributed by atoms with E-state index in [1.54, 1.807) is 0 Å². The minimum Gasteiger partial charge on any atom is -0.511 e. The van der Waals surface area contributed by atoms with Gasteiger partial charge in [0, 0.05) is 37.6 Å². The van der Waals surface area contributed by atoms with Crippen molar-refractivity contribution in [2.75, 3.05) is 0 Å². The maximum Gasteiger partial charge on any atom is 0.214 e. The summed E-state index contributed by atoms with van der Waals surface area (Å²) in [4.78, 5) is 9.49. The van der Waals surface area contributed by atoms with E-state index in [-0.39, 0.29) is 38.3 Å². The zero-order valence-electron chi connectivity index (χ0n) is 6.60. The van der Waals surface area contributed by atoms with Crippen LogP contribution in [0.4, 0.5) is 5.69 Å². The van der Waals surface area contributed by atoms with Crippen LogP contribution in [-0.4, -0.2) is 15.1 Å². The molecule has 0 heterocycles. The van der Waals surface area contributed by atoms with Gasteiger partial charge in [0.1, 0.15) is 5.75 Å². The molecule has 6 heteroatoms. The van der Waals surface area contributed by atoms with Crippen LogP contribution in [0.15, 0.2) is 12.1 Å². The summed E-state index contributed by atoms with van der Waals surface area (Å²) in [5.74, 6) is -1.26. The van der Waals surface area contributed by atoms with Crippen LogP contribution in [-0.2, 0) is 32.7 Å². The van der Waals surface area contributed by atoms with Crippen molar-refractivity contribution in [2.24, 2.45) is 0 Å². The van der Waals surface area contributed by atoms with E-state index in [1.807, 2.05) is 0 Å². The van der Waals surface area contributed by atoms with Crippen molar-refractivity contribution < 1.29 is 47.8 Å². The molecule has 0 aliphatic rings. The van der Waals surface area contributed by atoms with Crippen LogP contribution in [0.3, 0.4) is 0 Å². The maximum absolute atomic E-state index is 10.3. The van der Waals surface area contributed by atoms with Gasteiger partial charge >= 0.3 is 0 Å². The quantitative estimate of drug-likeness (QED) is 0.342. The maximum atomic E-state index is 10.3. The van der Waals surface area contributed by atoms with Gasteiger partial charge in [-0.3, -0.25) is 10.1 Å². The summed E-state index contributed by atoms with van der Waals surface area (Å²) < 4.78 is 0. The van der Waals surface area contributed by atoms with Crippen molar-refractivity contribution in [1.29, 1.82) is 0 Å². The Morgan fingerprint density at radius 3 is 2.31 bits per heavy atom. The Balaban J connectivity index is 0.00000144. The number of nitro groups is 1. The number of phenols is 2. The second kappa shape index (κ2) is 4.44. The number of nitro benzene ring substituents is 1. The predicted octanol–water partition coefficient (Wildman–Crippen LogP) is 1.19. The smallest absolute Gasteiger partial charge is 0.214 e. The standard InChI is InChI=1S/C7H6NO4.Y/c1-4-2-3-5(9)7(10)6(4)8(11)12;/h2-3,9-10H,1H2;/q-1;. The third-order valence-electron chi connectivity index (χ3n) is 1.40. The van der Waals surface area contributed by atoms with Crippen LogP contribution in [0.25, 0.3) is 0 Å².